The highest BCUT2D eigenvalue weighted by atomic mass is 15.2. The second-order valence-electron chi connectivity index (χ2n) is 6.09. The van der Waals surface area contributed by atoms with E-state index < -0.39 is 0 Å². The normalized spacial score (nSPS) is 42.9. The Morgan fingerprint density at radius 1 is 1.06 bits per heavy atom. The fourth-order valence-corrected chi connectivity index (χ4v) is 3.57. The van der Waals surface area contributed by atoms with E-state index in [0.29, 0.717) is 0 Å². The fraction of sp³-hybridized carbons (Fsp3) is 1.00. The van der Waals surface area contributed by atoms with Crippen molar-refractivity contribution in [3.05, 3.63) is 0 Å². The SMILES string of the molecule is CC1CC(C)C(C)N(C2CCCNCC2)C1. The molecule has 16 heavy (non-hydrogen) atoms. The molecule has 4 atom stereocenters. The van der Waals surface area contributed by atoms with Gasteiger partial charge in [-0.3, -0.25) is 4.90 Å². The van der Waals surface area contributed by atoms with Crippen LogP contribution in [0.15, 0.2) is 0 Å². The van der Waals surface area contributed by atoms with E-state index in [-0.39, 0.29) is 0 Å². The molecule has 94 valence electrons. The number of piperidine rings is 1. The van der Waals surface area contributed by atoms with Crippen LogP contribution in [0, 0.1) is 11.8 Å². The van der Waals surface area contributed by atoms with E-state index in [4.69, 9.17) is 0 Å². The Morgan fingerprint density at radius 2 is 1.88 bits per heavy atom. The highest BCUT2D eigenvalue weighted by Gasteiger charge is 2.33. The zero-order chi connectivity index (χ0) is 11.5. The highest BCUT2D eigenvalue weighted by Crippen LogP contribution is 2.30. The van der Waals surface area contributed by atoms with Gasteiger partial charge in [0.15, 0.2) is 0 Å². The zero-order valence-electron chi connectivity index (χ0n) is 11.2. The summed E-state index contributed by atoms with van der Waals surface area (Å²) in [5.41, 5.74) is 0. The van der Waals surface area contributed by atoms with Gasteiger partial charge in [-0.25, -0.2) is 0 Å². The Morgan fingerprint density at radius 3 is 2.69 bits per heavy atom. The van der Waals surface area contributed by atoms with Gasteiger partial charge < -0.3 is 5.32 Å². The maximum atomic E-state index is 3.53. The second kappa shape index (κ2) is 5.50. The largest absolute Gasteiger partial charge is 0.317 e. The van der Waals surface area contributed by atoms with E-state index in [1.54, 1.807) is 0 Å². The summed E-state index contributed by atoms with van der Waals surface area (Å²) < 4.78 is 0. The zero-order valence-corrected chi connectivity index (χ0v) is 11.2. The van der Waals surface area contributed by atoms with Crippen LogP contribution >= 0.6 is 0 Å². The molecule has 2 nitrogen and oxygen atoms in total. The van der Waals surface area contributed by atoms with Gasteiger partial charge in [0.1, 0.15) is 0 Å². The average Bonchev–Trinajstić information content (AvgIpc) is 2.51. The van der Waals surface area contributed by atoms with E-state index in [2.05, 4.69) is 31.0 Å². The molecular weight excluding hydrogens is 196 g/mol. The van der Waals surface area contributed by atoms with Gasteiger partial charge in [-0.2, -0.15) is 0 Å². The van der Waals surface area contributed by atoms with Crippen molar-refractivity contribution in [2.45, 2.75) is 58.5 Å². The summed E-state index contributed by atoms with van der Waals surface area (Å²) in [6.07, 6.45) is 5.53. The number of hydrogen-bond donors (Lipinski definition) is 1. The first-order chi connectivity index (χ1) is 7.68. The molecule has 0 saturated carbocycles. The third-order valence-electron chi connectivity index (χ3n) is 4.66. The summed E-state index contributed by atoms with van der Waals surface area (Å²) in [4.78, 5) is 2.81. The van der Waals surface area contributed by atoms with Gasteiger partial charge in [-0.05, 0) is 57.5 Å². The van der Waals surface area contributed by atoms with Crippen molar-refractivity contribution < 1.29 is 0 Å². The van der Waals surface area contributed by atoms with Gasteiger partial charge in [-0.15, -0.1) is 0 Å². The molecule has 0 amide bonds. The molecule has 2 heteroatoms. The predicted molar refractivity (Wildman–Crippen MR) is 69.6 cm³/mol. The highest BCUT2D eigenvalue weighted by molar-refractivity contribution is 4.87. The van der Waals surface area contributed by atoms with Crippen molar-refractivity contribution >= 4 is 0 Å². The van der Waals surface area contributed by atoms with E-state index in [0.717, 1.165) is 23.9 Å². The molecular formula is C14H28N2. The first-order valence-corrected chi connectivity index (χ1v) is 7.15. The van der Waals surface area contributed by atoms with Crippen LogP contribution in [0.3, 0.4) is 0 Å². The smallest absolute Gasteiger partial charge is 0.0111 e. The van der Waals surface area contributed by atoms with E-state index in [1.165, 1.54) is 45.3 Å². The lowest BCUT2D eigenvalue weighted by Gasteiger charge is -2.45. The lowest BCUT2D eigenvalue weighted by atomic mass is 9.84. The average molecular weight is 224 g/mol. The Labute approximate surface area is 101 Å². The topological polar surface area (TPSA) is 15.3 Å². The lowest BCUT2D eigenvalue weighted by Crippen LogP contribution is -2.51. The third kappa shape index (κ3) is 2.78. The van der Waals surface area contributed by atoms with Gasteiger partial charge in [-0.1, -0.05) is 13.8 Å². The minimum atomic E-state index is 0.791. The fourth-order valence-electron chi connectivity index (χ4n) is 3.57. The summed E-state index contributed by atoms with van der Waals surface area (Å²) in [6.45, 7) is 11.1. The van der Waals surface area contributed by atoms with Crippen molar-refractivity contribution in [3.8, 4) is 0 Å². The van der Waals surface area contributed by atoms with E-state index >= 15 is 0 Å². The monoisotopic (exact) mass is 224 g/mol. The van der Waals surface area contributed by atoms with Crippen LogP contribution in [0.4, 0.5) is 0 Å². The standard InChI is InChI=1S/C14H28N2/c1-11-9-12(2)13(3)16(10-11)14-5-4-7-15-8-6-14/h11-15H,4-10H2,1-3H3. The van der Waals surface area contributed by atoms with Crippen LogP contribution in [0.25, 0.3) is 0 Å². The van der Waals surface area contributed by atoms with Gasteiger partial charge in [0.2, 0.25) is 0 Å². The second-order valence-corrected chi connectivity index (χ2v) is 6.09. The summed E-state index contributed by atoms with van der Waals surface area (Å²) in [7, 11) is 0. The van der Waals surface area contributed by atoms with Crippen LogP contribution in [0.1, 0.15) is 46.5 Å². The van der Waals surface area contributed by atoms with Gasteiger partial charge >= 0.3 is 0 Å². The molecule has 0 spiro atoms. The third-order valence-corrected chi connectivity index (χ3v) is 4.66. The minimum Gasteiger partial charge on any atom is -0.317 e. The summed E-state index contributed by atoms with van der Waals surface area (Å²) >= 11 is 0. The van der Waals surface area contributed by atoms with Crippen molar-refractivity contribution in [1.29, 1.82) is 0 Å². The van der Waals surface area contributed by atoms with Crippen LogP contribution in [0.5, 0.6) is 0 Å². The molecule has 1 N–H and O–H groups in total. The number of rotatable bonds is 1. The molecule has 2 rings (SSSR count). The summed E-state index contributed by atoms with van der Waals surface area (Å²) in [5, 5.41) is 3.53. The first kappa shape index (κ1) is 12.4. The molecule has 2 fully saturated rings. The van der Waals surface area contributed by atoms with Crippen molar-refractivity contribution in [3.63, 3.8) is 0 Å². The predicted octanol–water partition coefficient (Wildman–Crippen LogP) is 2.49. The van der Waals surface area contributed by atoms with Crippen LogP contribution in [-0.4, -0.2) is 36.6 Å². The Hall–Kier alpha value is -0.0800. The molecule has 0 aromatic heterocycles. The van der Waals surface area contributed by atoms with Gasteiger partial charge in [0, 0.05) is 18.6 Å². The maximum absolute atomic E-state index is 3.53. The number of nitrogens with zero attached hydrogens (tertiary/aromatic N) is 1. The molecule has 0 radical (unpaired) electrons. The lowest BCUT2D eigenvalue weighted by molar-refractivity contribution is 0.0355. The van der Waals surface area contributed by atoms with Gasteiger partial charge in [0.05, 0.1) is 0 Å². The van der Waals surface area contributed by atoms with Crippen molar-refractivity contribution in [2.24, 2.45) is 11.8 Å². The first-order valence-electron chi connectivity index (χ1n) is 7.15. The molecule has 2 heterocycles. The minimum absolute atomic E-state index is 0.791. The molecule has 2 saturated heterocycles. The summed E-state index contributed by atoms with van der Waals surface area (Å²) in [5.74, 6) is 1.77. The van der Waals surface area contributed by atoms with Crippen molar-refractivity contribution in [1.82, 2.24) is 10.2 Å². The Kier molecular flexibility index (Phi) is 4.26. The molecule has 0 aromatic rings. The Balaban J connectivity index is 1.99. The maximum Gasteiger partial charge on any atom is 0.0111 e. The number of hydrogen-bond acceptors (Lipinski definition) is 2. The molecule has 0 bridgehead atoms. The molecule has 0 aromatic carbocycles. The molecule has 2 aliphatic rings. The molecule has 0 aliphatic carbocycles. The van der Waals surface area contributed by atoms with Crippen LogP contribution < -0.4 is 5.32 Å². The van der Waals surface area contributed by atoms with Crippen molar-refractivity contribution in [2.75, 3.05) is 19.6 Å². The van der Waals surface area contributed by atoms with E-state index in [1.807, 2.05) is 0 Å². The van der Waals surface area contributed by atoms with E-state index in [9.17, 15) is 0 Å². The number of nitrogens with one attached hydrogen (secondary N) is 1. The van der Waals surface area contributed by atoms with Crippen LogP contribution in [-0.2, 0) is 0 Å². The quantitative estimate of drug-likeness (QED) is 0.736. The van der Waals surface area contributed by atoms with Gasteiger partial charge in [0.25, 0.3) is 0 Å². The molecule has 2 aliphatic heterocycles. The summed E-state index contributed by atoms with van der Waals surface area (Å²) in [6, 6.07) is 1.63. The number of likely N-dealkylation sites (tertiary alicyclic amines) is 1. The Bertz CT molecular complexity index is 209. The van der Waals surface area contributed by atoms with Crippen LogP contribution in [0.2, 0.25) is 0 Å². The molecule has 4 unspecified atom stereocenters.